The highest BCUT2D eigenvalue weighted by Crippen LogP contribution is 2.35. The Morgan fingerprint density at radius 1 is 0.920 bits per heavy atom. The maximum atomic E-state index is 6.00. The van der Waals surface area contributed by atoms with Gasteiger partial charge in [-0.25, -0.2) is 0 Å². The molecule has 0 unspecified atom stereocenters. The van der Waals surface area contributed by atoms with Gasteiger partial charge in [0.1, 0.15) is 0 Å². The molecule has 0 fully saturated rings. The summed E-state index contributed by atoms with van der Waals surface area (Å²) in [5.41, 5.74) is 6.42. The summed E-state index contributed by atoms with van der Waals surface area (Å²) in [4.78, 5) is 2.16. The minimum Gasteiger partial charge on any atom is -0.344 e. The minimum atomic E-state index is 0.736. The van der Waals surface area contributed by atoms with Gasteiger partial charge in [0, 0.05) is 29.0 Å². The molecule has 0 saturated carbocycles. The van der Waals surface area contributed by atoms with Gasteiger partial charge in [-0.3, -0.25) is 0 Å². The molecule has 0 spiro atoms. The summed E-state index contributed by atoms with van der Waals surface area (Å²) in [6.07, 6.45) is 1.79. The van der Waals surface area contributed by atoms with Gasteiger partial charge >= 0.3 is 0 Å². The second kappa shape index (κ2) is 7.42. The normalized spacial score (nSPS) is 10.3. The first-order valence-electron chi connectivity index (χ1n) is 8.10. The van der Waals surface area contributed by atoms with Crippen LogP contribution in [0.2, 0.25) is 5.02 Å². The maximum absolute atomic E-state index is 6.00. The average molecular weight is 346 g/mol. The van der Waals surface area contributed by atoms with Crippen LogP contribution in [0.25, 0.3) is 16.7 Å². The SMILES string of the molecule is C=CC(=C)c1cc(-c2ccc(Cl)cc2)ccc1N(C)c1ccccc1. The quantitative estimate of drug-likeness (QED) is 0.451. The molecule has 25 heavy (non-hydrogen) atoms. The van der Waals surface area contributed by atoms with Crippen molar-refractivity contribution >= 4 is 28.5 Å². The molecule has 0 heterocycles. The number of hydrogen-bond donors (Lipinski definition) is 0. The molecule has 0 atom stereocenters. The van der Waals surface area contributed by atoms with Gasteiger partial charge in [-0.15, -0.1) is 0 Å². The minimum absolute atomic E-state index is 0.736. The molecule has 3 aromatic rings. The van der Waals surface area contributed by atoms with Gasteiger partial charge in [-0.05, 0) is 53.1 Å². The average Bonchev–Trinajstić information content (AvgIpc) is 2.67. The predicted molar refractivity (Wildman–Crippen MR) is 111 cm³/mol. The molecule has 3 rings (SSSR count). The van der Waals surface area contributed by atoms with Gasteiger partial charge in [-0.1, -0.05) is 67.2 Å². The molecule has 0 N–H and O–H groups in total. The summed E-state index contributed by atoms with van der Waals surface area (Å²) in [7, 11) is 2.06. The Balaban J connectivity index is 2.08. The summed E-state index contributed by atoms with van der Waals surface area (Å²) in [6.45, 7) is 8.05. The van der Waals surface area contributed by atoms with Crippen molar-refractivity contribution in [1.82, 2.24) is 0 Å². The zero-order valence-corrected chi connectivity index (χ0v) is 15.0. The van der Waals surface area contributed by atoms with E-state index < -0.39 is 0 Å². The summed E-state index contributed by atoms with van der Waals surface area (Å²) in [5.74, 6) is 0. The molecular weight excluding hydrogens is 326 g/mol. The van der Waals surface area contributed by atoms with Crippen LogP contribution in [-0.4, -0.2) is 7.05 Å². The molecule has 1 nitrogen and oxygen atoms in total. The Labute approximate surface area is 154 Å². The van der Waals surface area contributed by atoms with Gasteiger partial charge in [0.25, 0.3) is 0 Å². The van der Waals surface area contributed by atoms with Crippen molar-refractivity contribution in [2.75, 3.05) is 11.9 Å². The number of benzene rings is 3. The third kappa shape index (κ3) is 3.67. The molecule has 3 aromatic carbocycles. The number of nitrogens with zero attached hydrogens (tertiary/aromatic N) is 1. The van der Waals surface area contributed by atoms with E-state index >= 15 is 0 Å². The number of hydrogen-bond acceptors (Lipinski definition) is 1. The van der Waals surface area contributed by atoms with Crippen LogP contribution in [0.15, 0.2) is 92.0 Å². The van der Waals surface area contributed by atoms with Gasteiger partial charge < -0.3 is 4.90 Å². The Morgan fingerprint density at radius 3 is 2.20 bits per heavy atom. The van der Waals surface area contributed by atoms with Crippen molar-refractivity contribution in [2.24, 2.45) is 0 Å². The topological polar surface area (TPSA) is 3.24 Å². The fraction of sp³-hybridized carbons (Fsp3) is 0.0435. The van der Waals surface area contributed by atoms with Crippen molar-refractivity contribution in [3.63, 3.8) is 0 Å². The van der Waals surface area contributed by atoms with Crippen LogP contribution in [0.4, 0.5) is 11.4 Å². The van der Waals surface area contributed by atoms with Crippen molar-refractivity contribution < 1.29 is 0 Å². The molecule has 0 saturated heterocycles. The monoisotopic (exact) mass is 345 g/mol. The van der Waals surface area contributed by atoms with Crippen LogP contribution in [-0.2, 0) is 0 Å². The van der Waals surface area contributed by atoms with Crippen molar-refractivity contribution in [1.29, 1.82) is 0 Å². The molecule has 0 bridgehead atoms. The fourth-order valence-corrected chi connectivity index (χ4v) is 2.93. The van der Waals surface area contributed by atoms with Gasteiger partial charge in [-0.2, -0.15) is 0 Å². The standard InChI is InChI=1S/C23H20ClN/c1-4-17(2)22-16-19(18-10-13-20(24)14-11-18)12-15-23(22)25(3)21-8-6-5-7-9-21/h4-16H,1-2H2,3H3. The van der Waals surface area contributed by atoms with E-state index in [1.165, 1.54) is 0 Å². The molecule has 0 amide bonds. The molecule has 2 heteroatoms. The number of allylic oxidation sites excluding steroid dienone is 2. The molecule has 0 aromatic heterocycles. The maximum Gasteiger partial charge on any atom is 0.0487 e. The lowest BCUT2D eigenvalue weighted by Gasteiger charge is -2.23. The van der Waals surface area contributed by atoms with Gasteiger partial charge in [0.05, 0.1) is 0 Å². The summed E-state index contributed by atoms with van der Waals surface area (Å²) in [6, 6.07) is 24.5. The van der Waals surface area contributed by atoms with Crippen LogP contribution in [0, 0.1) is 0 Å². The van der Waals surface area contributed by atoms with Crippen LogP contribution < -0.4 is 4.90 Å². The molecular formula is C23H20ClN. The lowest BCUT2D eigenvalue weighted by Crippen LogP contribution is -2.11. The summed E-state index contributed by atoms with van der Waals surface area (Å²) >= 11 is 6.00. The van der Waals surface area contributed by atoms with E-state index in [2.05, 4.69) is 55.4 Å². The molecule has 0 radical (unpaired) electrons. The first-order chi connectivity index (χ1) is 12.1. The van der Waals surface area contributed by atoms with E-state index in [9.17, 15) is 0 Å². The second-order valence-electron chi connectivity index (χ2n) is 5.86. The first-order valence-corrected chi connectivity index (χ1v) is 8.48. The number of para-hydroxylation sites is 1. The van der Waals surface area contributed by atoms with E-state index in [1.807, 2.05) is 42.5 Å². The van der Waals surface area contributed by atoms with E-state index in [4.69, 9.17) is 11.6 Å². The zero-order valence-electron chi connectivity index (χ0n) is 14.2. The highest BCUT2D eigenvalue weighted by Gasteiger charge is 2.12. The van der Waals surface area contributed by atoms with E-state index in [1.54, 1.807) is 6.08 Å². The number of halogens is 1. The van der Waals surface area contributed by atoms with Crippen molar-refractivity contribution in [2.45, 2.75) is 0 Å². The lowest BCUT2D eigenvalue weighted by atomic mass is 9.97. The smallest absolute Gasteiger partial charge is 0.0487 e. The Bertz CT molecular complexity index is 895. The first kappa shape index (κ1) is 17.1. The second-order valence-corrected chi connectivity index (χ2v) is 6.30. The fourth-order valence-electron chi connectivity index (χ4n) is 2.81. The molecule has 0 aliphatic rings. The van der Waals surface area contributed by atoms with Crippen LogP contribution >= 0.6 is 11.6 Å². The van der Waals surface area contributed by atoms with Crippen LogP contribution in [0.1, 0.15) is 5.56 Å². The van der Waals surface area contributed by atoms with E-state index in [-0.39, 0.29) is 0 Å². The summed E-state index contributed by atoms with van der Waals surface area (Å²) < 4.78 is 0. The Hall–Kier alpha value is -2.77. The van der Waals surface area contributed by atoms with E-state index in [0.717, 1.165) is 38.7 Å². The van der Waals surface area contributed by atoms with Crippen LogP contribution in [0.5, 0.6) is 0 Å². The third-order valence-corrected chi connectivity index (χ3v) is 4.52. The zero-order chi connectivity index (χ0) is 17.8. The molecule has 0 aliphatic carbocycles. The highest BCUT2D eigenvalue weighted by atomic mass is 35.5. The largest absolute Gasteiger partial charge is 0.344 e. The van der Waals surface area contributed by atoms with Crippen LogP contribution in [0.3, 0.4) is 0 Å². The number of rotatable bonds is 5. The van der Waals surface area contributed by atoms with Crippen molar-refractivity contribution in [3.05, 3.63) is 103 Å². The summed E-state index contributed by atoms with van der Waals surface area (Å²) in [5, 5.41) is 0.736. The van der Waals surface area contributed by atoms with Crippen molar-refractivity contribution in [3.8, 4) is 11.1 Å². The predicted octanol–water partition coefficient (Wildman–Crippen LogP) is 6.97. The van der Waals surface area contributed by atoms with Gasteiger partial charge in [0.2, 0.25) is 0 Å². The molecule has 0 aliphatic heterocycles. The lowest BCUT2D eigenvalue weighted by molar-refractivity contribution is 1.20. The van der Waals surface area contributed by atoms with E-state index in [0.29, 0.717) is 0 Å². The number of anilines is 2. The highest BCUT2D eigenvalue weighted by molar-refractivity contribution is 6.30. The molecule has 124 valence electrons. The Kier molecular flexibility index (Phi) is 5.06. The third-order valence-electron chi connectivity index (χ3n) is 4.27. The Morgan fingerprint density at radius 2 is 1.56 bits per heavy atom. The van der Waals surface area contributed by atoms with Gasteiger partial charge in [0.15, 0.2) is 0 Å².